The molecule has 0 N–H and O–H groups in total. The summed E-state index contributed by atoms with van der Waals surface area (Å²) in [7, 11) is 0. The van der Waals surface area contributed by atoms with Gasteiger partial charge in [0.25, 0.3) is 0 Å². The van der Waals surface area contributed by atoms with E-state index >= 15 is 0 Å². The molecule has 30 heavy (non-hydrogen) atoms. The maximum Gasteiger partial charge on any atom is 0.225 e. The minimum Gasteiger partial charge on any atom is -0.379 e. The van der Waals surface area contributed by atoms with Crippen LogP contribution in [0, 0.1) is 12.8 Å². The summed E-state index contributed by atoms with van der Waals surface area (Å²) in [6, 6.07) is 1.98. The van der Waals surface area contributed by atoms with Gasteiger partial charge in [0.2, 0.25) is 5.91 Å². The lowest BCUT2D eigenvalue weighted by Gasteiger charge is -2.34. The van der Waals surface area contributed by atoms with E-state index in [1.54, 1.807) is 0 Å². The summed E-state index contributed by atoms with van der Waals surface area (Å²) in [5, 5.41) is 4.81. The zero-order valence-electron chi connectivity index (χ0n) is 17.8. The molecule has 0 spiro atoms. The van der Waals surface area contributed by atoms with Crippen LogP contribution in [-0.2, 0) is 20.8 Å². The monoisotopic (exact) mass is 413 g/mol. The number of nitrogens with zero attached hydrogens (tertiary/aromatic N) is 5. The Bertz CT molecular complexity index is 902. The zero-order valence-corrected chi connectivity index (χ0v) is 17.8. The highest BCUT2D eigenvalue weighted by Crippen LogP contribution is 2.30. The smallest absolute Gasteiger partial charge is 0.225 e. The highest BCUT2D eigenvalue weighted by molar-refractivity contribution is 5.79. The predicted octanol–water partition coefficient (Wildman–Crippen LogP) is 1.96. The van der Waals surface area contributed by atoms with Crippen LogP contribution in [0.15, 0.2) is 12.3 Å². The van der Waals surface area contributed by atoms with Crippen molar-refractivity contribution in [2.45, 2.75) is 45.3 Å². The Balaban J connectivity index is 1.38. The number of hydrogen-bond acceptors (Lipinski definition) is 6. The maximum atomic E-state index is 12.9. The lowest BCUT2D eigenvalue weighted by Crippen LogP contribution is -2.44. The standard InChI is InChI=1S/C22H31N5O3/c1-16-18(14-25-8-11-29-12-9-25)21-23-7-6-19(27(21)24-16)20-15-26(10-13-30-20)22(28)17-4-2-3-5-17/h6-7,17,20H,2-5,8-15H2,1H3. The maximum absolute atomic E-state index is 12.9. The van der Waals surface area contributed by atoms with E-state index in [-0.39, 0.29) is 12.0 Å². The normalized spacial score (nSPS) is 24.0. The van der Waals surface area contributed by atoms with Crippen LogP contribution in [0.25, 0.3) is 5.65 Å². The summed E-state index contributed by atoms with van der Waals surface area (Å²) in [4.78, 5) is 22.0. The molecule has 1 aliphatic carbocycles. The third kappa shape index (κ3) is 3.84. The number of carbonyl (C=O) groups excluding carboxylic acids is 1. The lowest BCUT2D eigenvalue weighted by atomic mass is 10.1. The molecule has 2 aliphatic heterocycles. The molecule has 2 aromatic rings. The first-order chi connectivity index (χ1) is 14.7. The largest absolute Gasteiger partial charge is 0.379 e. The van der Waals surface area contributed by atoms with Gasteiger partial charge in [0.05, 0.1) is 37.8 Å². The van der Waals surface area contributed by atoms with Crippen LogP contribution in [-0.4, -0.2) is 76.3 Å². The van der Waals surface area contributed by atoms with Gasteiger partial charge in [-0.25, -0.2) is 9.50 Å². The van der Waals surface area contributed by atoms with Gasteiger partial charge in [-0.1, -0.05) is 12.8 Å². The summed E-state index contributed by atoms with van der Waals surface area (Å²) in [6.45, 7) is 8.12. The van der Waals surface area contributed by atoms with Gasteiger partial charge in [-0.3, -0.25) is 9.69 Å². The molecule has 1 saturated carbocycles. The Hall–Kier alpha value is -2.03. The lowest BCUT2D eigenvalue weighted by molar-refractivity contribution is -0.143. The fourth-order valence-electron chi connectivity index (χ4n) is 4.99. The molecule has 0 aromatic carbocycles. The van der Waals surface area contributed by atoms with E-state index in [2.05, 4.69) is 9.88 Å². The van der Waals surface area contributed by atoms with Gasteiger partial charge in [0.15, 0.2) is 5.65 Å². The van der Waals surface area contributed by atoms with Gasteiger partial charge < -0.3 is 14.4 Å². The summed E-state index contributed by atoms with van der Waals surface area (Å²) in [6.07, 6.45) is 6.08. The van der Waals surface area contributed by atoms with Crippen molar-refractivity contribution in [1.29, 1.82) is 0 Å². The fraction of sp³-hybridized carbons (Fsp3) is 0.682. The van der Waals surface area contributed by atoms with Crippen LogP contribution in [0.2, 0.25) is 0 Å². The summed E-state index contributed by atoms with van der Waals surface area (Å²) < 4.78 is 13.5. The molecule has 3 fully saturated rings. The molecule has 2 saturated heterocycles. The molecular formula is C22H31N5O3. The molecule has 8 heteroatoms. The first-order valence-corrected chi connectivity index (χ1v) is 11.2. The number of rotatable bonds is 4. The molecular weight excluding hydrogens is 382 g/mol. The van der Waals surface area contributed by atoms with Crippen molar-refractivity contribution in [1.82, 2.24) is 24.4 Å². The molecule has 162 valence electrons. The second-order valence-electron chi connectivity index (χ2n) is 8.68. The van der Waals surface area contributed by atoms with Gasteiger partial charge in [-0.15, -0.1) is 0 Å². The van der Waals surface area contributed by atoms with Crippen LogP contribution >= 0.6 is 0 Å². The van der Waals surface area contributed by atoms with Crippen LogP contribution in [0.3, 0.4) is 0 Å². The van der Waals surface area contributed by atoms with Gasteiger partial charge in [0.1, 0.15) is 6.10 Å². The average molecular weight is 414 g/mol. The van der Waals surface area contributed by atoms with Crippen molar-refractivity contribution in [3.05, 3.63) is 29.2 Å². The summed E-state index contributed by atoms with van der Waals surface area (Å²) in [5.41, 5.74) is 4.02. The molecule has 0 radical (unpaired) electrons. The molecule has 2 aromatic heterocycles. The predicted molar refractivity (Wildman–Crippen MR) is 111 cm³/mol. The first-order valence-electron chi connectivity index (χ1n) is 11.2. The van der Waals surface area contributed by atoms with E-state index in [9.17, 15) is 4.79 Å². The third-order valence-electron chi connectivity index (χ3n) is 6.74. The van der Waals surface area contributed by atoms with Crippen LogP contribution in [0.4, 0.5) is 0 Å². The Morgan fingerprint density at radius 2 is 1.97 bits per heavy atom. The van der Waals surface area contributed by atoms with Crippen molar-refractivity contribution >= 4 is 11.6 Å². The second-order valence-corrected chi connectivity index (χ2v) is 8.68. The Labute approximate surface area is 177 Å². The highest BCUT2D eigenvalue weighted by Gasteiger charge is 2.32. The van der Waals surface area contributed by atoms with E-state index in [4.69, 9.17) is 14.6 Å². The molecule has 1 unspecified atom stereocenters. The van der Waals surface area contributed by atoms with Gasteiger partial charge in [-0.2, -0.15) is 5.10 Å². The fourth-order valence-corrected chi connectivity index (χ4v) is 4.99. The SMILES string of the molecule is Cc1nn2c(C3CN(C(=O)C4CCCC4)CCO3)ccnc2c1CN1CCOCC1. The molecule has 4 heterocycles. The van der Waals surface area contributed by atoms with E-state index in [1.165, 1.54) is 12.8 Å². The van der Waals surface area contributed by atoms with Crippen LogP contribution in [0.1, 0.15) is 48.7 Å². The van der Waals surface area contributed by atoms with E-state index in [1.807, 2.05) is 28.6 Å². The number of carbonyl (C=O) groups is 1. The van der Waals surface area contributed by atoms with Crippen molar-refractivity contribution in [2.75, 3.05) is 46.0 Å². The van der Waals surface area contributed by atoms with Crippen molar-refractivity contribution in [3.8, 4) is 0 Å². The van der Waals surface area contributed by atoms with E-state index in [0.29, 0.717) is 25.6 Å². The zero-order chi connectivity index (χ0) is 20.5. The van der Waals surface area contributed by atoms with Gasteiger partial charge in [-0.05, 0) is 25.8 Å². The summed E-state index contributed by atoms with van der Waals surface area (Å²) in [5.74, 6) is 0.504. The minimum atomic E-state index is -0.176. The van der Waals surface area contributed by atoms with Gasteiger partial charge in [0, 0.05) is 43.9 Å². The van der Waals surface area contributed by atoms with Crippen molar-refractivity contribution < 1.29 is 14.3 Å². The van der Waals surface area contributed by atoms with E-state index in [0.717, 1.165) is 68.3 Å². The molecule has 8 nitrogen and oxygen atoms in total. The van der Waals surface area contributed by atoms with Crippen LogP contribution in [0.5, 0.6) is 0 Å². The quantitative estimate of drug-likeness (QED) is 0.763. The van der Waals surface area contributed by atoms with Crippen molar-refractivity contribution in [3.63, 3.8) is 0 Å². The summed E-state index contributed by atoms with van der Waals surface area (Å²) >= 11 is 0. The number of fused-ring (bicyclic) bond motifs is 1. The topological polar surface area (TPSA) is 72.2 Å². The van der Waals surface area contributed by atoms with Crippen molar-refractivity contribution in [2.24, 2.45) is 5.92 Å². The van der Waals surface area contributed by atoms with E-state index < -0.39 is 0 Å². The van der Waals surface area contributed by atoms with Crippen LogP contribution < -0.4 is 0 Å². The number of aryl methyl sites for hydroxylation is 1. The number of ether oxygens (including phenoxy) is 2. The highest BCUT2D eigenvalue weighted by atomic mass is 16.5. The van der Waals surface area contributed by atoms with Gasteiger partial charge >= 0.3 is 0 Å². The number of morpholine rings is 2. The number of amides is 1. The molecule has 3 aliphatic rings. The molecule has 5 rings (SSSR count). The Morgan fingerprint density at radius 3 is 2.77 bits per heavy atom. The Kier molecular flexibility index (Phi) is 5.71. The Morgan fingerprint density at radius 1 is 1.17 bits per heavy atom. The minimum absolute atomic E-state index is 0.176. The second kappa shape index (κ2) is 8.61. The molecule has 1 atom stereocenters. The molecule has 1 amide bonds. The molecule has 0 bridgehead atoms. The number of aromatic nitrogens is 3. The average Bonchev–Trinajstić information content (AvgIpc) is 3.43. The first kappa shape index (κ1) is 19.9. The number of hydrogen-bond donors (Lipinski definition) is 0. The third-order valence-corrected chi connectivity index (χ3v) is 6.74.